The average Bonchev–Trinajstić information content (AvgIpc) is 3.22. The number of aryl methyl sites for hydroxylation is 1. The van der Waals surface area contributed by atoms with Gasteiger partial charge in [-0.15, -0.1) is 0 Å². The van der Waals surface area contributed by atoms with E-state index >= 15 is 0 Å². The number of anilines is 1. The summed E-state index contributed by atoms with van der Waals surface area (Å²) in [5.74, 6) is 0.184. The second-order valence-corrected chi connectivity index (χ2v) is 5.31. The Balaban J connectivity index is 2.27. The molecule has 1 aromatic carbocycles. The standard InChI is InChI=1S/C16H24N2O/c1-4-10-18(13-7-8-13)16(19)14-11-12(3)6-9-15(14)17-5-2/h6,9,11,13,17H,4-5,7-8,10H2,1-3H3. The van der Waals surface area contributed by atoms with E-state index in [1.165, 1.54) is 0 Å². The number of amides is 1. The number of benzene rings is 1. The van der Waals surface area contributed by atoms with Gasteiger partial charge in [0.05, 0.1) is 5.56 Å². The van der Waals surface area contributed by atoms with Gasteiger partial charge in [0.15, 0.2) is 0 Å². The summed E-state index contributed by atoms with van der Waals surface area (Å²) in [5, 5.41) is 3.29. The van der Waals surface area contributed by atoms with Gasteiger partial charge in [-0.25, -0.2) is 0 Å². The molecule has 19 heavy (non-hydrogen) atoms. The van der Waals surface area contributed by atoms with Gasteiger partial charge in [0.1, 0.15) is 0 Å². The molecule has 3 nitrogen and oxygen atoms in total. The van der Waals surface area contributed by atoms with Crippen LogP contribution in [0.15, 0.2) is 18.2 Å². The van der Waals surface area contributed by atoms with Crippen LogP contribution in [0.1, 0.15) is 49.0 Å². The lowest BCUT2D eigenvalue weighted by Gasteiger charge is -2.23. The molecule has 1 aliphatic carbocycles. The van der Waals surface area contributed by atoms with Crippen molar-refractivity contribution >= 4 is 11.6 Å². The van der Waals surface area contributed by atoms with Gasteiger partial charge >= 0.3 is 0 Å². The highest BCUT2D eigenvalue weighted by Crippen LogP contribution is 2.30. The Morgan fingerprint density at radius 1 is 1.37 bits per heavy atom. The van der Waals surface area contributed by atoms with Crippen molar-refractivity contribution in [3.05, 3.63) is 29.3 Å². The molecular weight excluding hydrogens is 236 g/mol. The van der Waals surface area contributed by atoms with Gasteiger partial charge in [-0.3, -0.25) is 4.79 Å². The predicted octanol–water partition coefficient (Wildman–Crippen LogP) is 3.44. The molecule has 1 saturated carbocycles. The molecule has 3 heteroatoms. The molecule has 2 rings (SSSR count). The van der Waals surface area contributed by atoms with E-state index in [1.54, 1.807) is 0 Å². The maximum Gasteiger partial charge on any atom is 0.256 e. The first kappa shape index (κ1) is 13.9. The number of nitrogens with one attached hydrogen (secondary N) is 1. The summed E-state index contributed by atoms with van der Waals surface area (Å²) < 4.78 is 0. The largest absolute Gasteiger partial charge is 0.385 e. The molecule has 1 aliphatic rings. The van der Waals surface area contributed by atoms with Crippen molar-refractivity contribution in [3.63, 3.8) is 0 Å². The molecule has 0 bridgehead atoms. The van der Waals surface area contributed by atoms with Crippen LogP contribution in [0.5, 0.6) is 0 Å². The van der Waals surface area contributed by atoms with Crippen molar-refractivity contribution in [1.82, 2.24) is 4.90 Å². The molecular formula is C16H24N2O. The number of hydrogen-bond acceptors (Lipinski definition) is 2. The van der Waals surface area contributed by atoms with Gasteiger partial charge in [-0.2, -0.15) is 0 Å². The smallest absolute Gasteiger partial charge is 0.256 e. The van der Waals surface area contributed by atoms with Crippen LogP contribution >= 0.6 is 0 Å². The number of carbonyl (C=O) groups excluding carboxylic acids is 1. The maximum absolute atomic E-state index is 12.8. The summed E-state index contributed by atoms with van der Waals surface area (Å²) >= 11 is 0. The Labute approximate surface area is 116 Å². The number of nitrogens with zero attached hydrogens (tertiary/aromatic N) is 1. The second kappa shape index (κ2) is 6.09. The highest BCUT2D eigenvalue weighted by Gasteiger charge is 2.33. The van der Waals surface area contributed by atoms with Crippen LogP contribution in [0.4, 0.5) is 5.69 Å². The van der Waals surface area contributed by atoms with Crippen LogP contribution in [0, 0.1) is 6.92 Å². The second-order valence-electron chi connectivity index (χ2n) is 5.31. The van der Waals surface area contributed by atoms with Crippen molar-refractivity contribution in [2.45, 2.75) is 46.1 Å². The minimum Gasteiger partial charge on any atom is -0.385 e. The summed E-state index contributed by atoms with van der Waals surface area (Å²) in [6.07, 6.45) is 3.34. The molecule has 1 fully saturated rings. The molecule has 0 radical (unpaired) electrons. The highest BCUT2D eigenvalue weighted by atomic mass is 16.2. The first-order valence-electron chi connectivity index (χ1n) is 7.32. The third-order valence-corrected chi connectivity index (χ3v) is 3.49. The van der Waals surface area contributed by atoms with Gasteiger partial charge in [0.2, 0.25) is 0 Å². The van der Waals surface area contributed by atoms with Crippen LogP contribution in [0.25, 0.3) is 0 Å². The van der Waals surface area contributed by atoms with Gasteiger partial charge < -0.3 is 10.2 Å². The van der Waals surface area contributed by atoms with Gasteiger partial charge in [0, 0.05) is 24.8 Å². The fraction of sp³-hybridized carbons (Fsp3) is 0.562. The van der Waals surface area contributed by atoms with Crippen LogP contribution in [-0.4, -0.2) is 29.9 Å². The van der Waals surface area contributed by atoms with Crippen LogP contribution in [0.3, 0.4) is 0 Å². The SMILES string of the molecule is CCCN(C(=O)c1cc(C)ccc1NCC)C1CC1. The summed E-state index contributed by atoms with van der Waals surface area (Å²) in [5.41, 5.74) is 2.92. The van der Waals surface area contributed by atoms with E-state index in [-0.39, 0.29) is 5.91 Å². The summed E-state index contributed by atoms with van der Waals surface area (Å²) in [4.78, 5) is 14.8. The van der Waals surface area contributed by atoms with E-state index in [9.17, 15) is 4.79 Å². The zero-order valence-electron chi connectivity index (χ0n) is 12.2. The fourth-order valence-electron chi connectivity index (χ4n) is 2.41. The Hall–Kier alpha value is -1.51. The zero-order chi connectivity index (χ0) is 13.8. The topological polar surface area (TPSA) is 32.3 Å². The normalized spacial score (nSPS) is 14.3. The van der Waals surface area contributed by atoms with Crippen molar-refractivity contribution in [1.29, 1.82) is 0 Å². The molecule has 0 spiro atoms. The molecule has 0 heterocycles. The van der Waals surface area contributed by atoms with Crippen LogP contribution in [0.2, 0.25) is 0 Å². The Morgan fingerprint density at radius 2 is 2.11 bits per heavy atom. The van der Waals surface area contributed by atoms with Crippen molar-refractivity contribution in [3.8, 4) is 0 Å². The van der Waals surface area contributed by atoms with Crippen molar-refractivity contribution in [2.24, 2.45) is 0 Å². The fourth-order valence-corrected chi connectivity index (χ4v) is 2.41. The number of hydrogen-bond donors (Lipinski definition) is 1. The molecule has 0 aromatic heterocycles. The zero-order valence-corrected chi connectivity index (χ0v) is 12.2. The van der Waals surface area contributed by atoms with E-state index in [0.717, 1.165) is 49.2 Å². The Kier molecular flexibility index (Phi) is 4.46. The molecule has 104 valence electrons. The molecule has 0 atom stereocenters. The third kappa shape index (κ3) is 3.28. The van der Waals surface area contributed by atoms with E-state index < -0.39 is 0 Å². The average molecular weight is 260 g/mol. The first-order chi connectivity index (χ1) is 9.17. The quantitative estimate of drug-likeness (QED) is 0.849. The highest BCUT2D eigenvalue weighted by molar-refractivity contribution is 6.00. The van der Waals surface area contributed by atoms with E-state index in [4.69, 9.17) is 0 Å². The molecule has 1 amide bonds. The van der Waals surface area contributed by atoms with Crippen molar-refractivity contribution in [2.75, 3.05) is 18.4 Å². The minimum atomic E-state index is 0.184. The Bertz CT molecular complexity index is 452. The van der Waals surface area contributed by atoms with Crippen LogP contribution < -0.4 is 5.32 Å². The monoisotopic (exact) mass is 260 g/mol. The molecule has 0 saturated heterocycles. The van der Waals surface area contributed by atoms with Gasteiger partial charge in [0.25, 0.3) is 5.91 Å². The lowest BCUT2D eigenvalue weighted by molar-refractivity contribution is 0.0744. The lowest BCUT2D eigenvalue weighted by atomic mass is 10.1. The summed E-state index contributed by atoms with van der Waals surface area (Å²) in [7, 11) is 0. The molecule has 1 N–H and O–H groups in total. The van der Waals surface area contributed by atoms with E-state index in [0.29, 0.717) is 6.04 Å². The maximum atomic E-state index is 12.8. The van der Waals surface area contributed by atoms with Crippen LogP contribution in [-0.2, 0) is 0 Å². The number of rotatable bonds is 6. The first-order valence-corrected chi connectivity index (χ1v) is 7.32. The third-order valence-electron chi connectivity index (χ3n) is 3.49. The van der Waals surface area contributed by atoms with Gasteiger partial charge in [-0.05, 0) is 45.2 Å². The summed E-state index contributed by atoms with van der Waals surface area (Å²) in [6.45, 7) is 7.92. The Morgan fingerprint density at radius 3 is 2.68 bits per heavy atom. The molecule has 0 aliphatic heterocycles. The van der Waals surface area contributed by atoms with E-state index in [1.807, 2.05) is 19.1 Å². The predicted molar refractivity (Wildman–Crippen MR) is 79.7 cm³/mol. The minimum absolute atomic E-state index is 0.184. The summed E-state index contributed by atoms with van der Waals surface area (Å²) in [6, 6.07) is 6.55. The molecule has 1 aromatic rings. The lowest BCUT2D eigenvalue weighted by Crippen LogP contribution is -2.34. The molecule has 0 unspecified atom stereocenters. The van der Waals surface area contributed by atoms with E-state index in [2.05, 4.69) is 30.1 Å². The van der Waals surface area contributed by atoms with Crippen molar-refractivity contribution < 1.29 is 4.79 Å². The number of carbonyl (C=O) groups is 1. The van der Waals surface area contributed by atoms with Gasteiger partial charge in [-0.1, -0.05) is 18.6 Å².